The van der Waals surface area contributed by atoms with Crippen molar-refractivity contribution in [2.45, 2.75) is 18.4 Å². The van der Waals surface area contributed by atoms with Gasteiger partial charge >= 0.3 is 12.3 Å². The van der Waals surface area contributed by atoms with E-state index in [1.165, 1.54) is 11.8 Å². The highest BCUT2D eigenvalue weighted by atomic mass is 35.5. The molecule has 9 heteroatoms. The van der Waals surface area contributed by atoms with Gasteiger partial charge in [0.05, 0.1) is 5.88 Å². The van der Waals surface area contributed by atoms with Crippen LogP contribution in [0.2, 0.25) is 0 Å². The molecule has 1 rings (SSSR count). The van der Waals surface area contributed by atoms with Crippen LogP contribution in [0.4, 0.5) is 17.6 Å². The Hall–Kier alpha value is -0.500. The molecule has 18 heavy (non-hydrogen) atoms. The van der Waals surface area contributed by atoms with Crippen LogP contribution >= 0.6 is 23.4 Å². The van der Waals surface area contributed by atoms with Crippen LogP contribution in [0.15, 0.2) is 0 Å². The van der Waals surface area contributed by atoms with Gasteiger partial charge in [0, 0.05) is 18.1 Å². The lowest BCUT2D eigenvalue weighted by atomic mass is 10.1. The molecule has 0 aromatic heterocycles. The number of carbonyl (C=O) groups excluding carboxylic acids is 2. The van der Waals surface area contributed by atoms with Crippen molar-refractivity contribution in [1.82, 2.24) is 4.90 Å². The monoisotopic (exact) mass is 307 g/mol. The molecule has 0 spiro atoms. The first-order valence-electron chi connectivity index (χ1n) is 4.95. The molecule has 0 N–H and O–H groups in total. The van der Waals surface area contributed by atoms with Gasteiger partial charge in [0.25, 0.3) is 5.91 Å². The summed E-state index contributed by atoms with van der Waals surface area (Å²) in [6.45, 7) is -0.168. The van der Waals surface area contributed by atoms with Crippen molar-refractivity contribution in [3.63, 3.8) is 0 Å². The van der Waals surface area contributed by atoms with Crippen molar-refractivity contribution in [3.05, 3.63) is 0 Å². The van der Waals surface area contributed by atoms with Gasteiger partial charge in [-0.25, -0.2) is 8.78 Å². The molecule has 0 aliphatic carbocycles. The summed E-state index contributed by atoms with van der Waals surface area (Å²) >= 11 is 6.58. The van der Waals surface area contributed by atoms with E-state index in [-0.39, 0.29) is 12.3 Å². The molecule has 1 aliphatic rings. The SMILES string of the molecule is O=C(CCl)C1CSCCN1C(=O)C(F)(F)C(F)F. The summed E-state index contributed by atoms with van der Waals surface area (Å²) in [6, 6.07) is -1.15. The molecular formula is C9H10ClF4NO2S. The smallest absolute Gasteiger partial charge is 0.326 e. The molecule has 1 atom stereocenters. The quantitative estimate of drug-likeness (QED) is 0.585. The third kappa shape index (κ3) is 3.09. The van der Waals surface area contributed by atoms with E-state index in [1.807, 2.05) is 0 Å². The summed E-state index contributed by atoms with van der Waals surface area (Å²) in [4.78, 5) is 23.3. The van der Waals surface area contributed by atoms with Gasteiger partial charge < -0.3 is 4.90 Å². The molecule has 0 aromatic rings. The maximum absolute atomic E-state index is 13.0. The van der Waals surface area contributed by atoms with Crippen LogP contribution < -0.4 is 0 Å². The summed E-state index contributed by atoms with van der Waals surface area (Å²) in [5.74, 6) is -7.45. The predicted molar refractivity (Wildman–Crippen MR) is 59.5 cm³/mol. The van der Waals surface area contributed by atoms with Gasteiger partial charge in [0.1, 0.15) is 6.04 Å². The standard InChI is InChI=1S/C9H10ClF4NO2S/c10-3-6(16)5-4-18-2-1-15(5)8(17)9(13,14)7(11)12/h5,7H,1-4H2. The van der Waals surface area contributed by atoms with Gasteiger partial charge in [0.15, 0.2) is 5.78 Å². The number of rotatable bonds is 4. The van der Waals surface area contributed by atoms with E-state index < -0.39 is 36.0 Å². The van der Waals surface area contributed by atoms with Gasteiger partial charge in [-0.3, -0.25) is 9.59 Å². The van der Waals surface area contributed by atoms with Crippen molar-refractivity contribution < 1.29 is 27.2 Å². The highest BCUT2D eigenvalue weighted by Crippen LogP contribution is 2.29. The predicted octanol–water partition coefficient (Wildman–Crippen LogP) is 1.64. The van der Waals surface area contributed by atoms with Crippen LogP contribution in [-0.4, -0.2) is 58.9 Å². The summed E-state index contributed by atoms with van der Waals surface area (Å²) < 4.78 is 50.2. The van der Waals surface area contributed by atoms with Crippen LogP contribution in [0, 0.1) is 0 Å². The molecule has 1 aliphatic heterocycles. The Morgan fingerprint density at radius 2 is 2.06 bits per heavy atom. The summed E-state index contributed by atoms with van der Waals surface area (Å²) in [5.41, 5.74) is 0. The van der Waals surface area contributed by atoms with Crippen LogP contribution in [0.5, 0.6) is 0 Å². The van der Waals surface area contributed by atoms with E-state index in [4.69, 9.17) is 11.6 Å². The average Bonchev–Trinajstić information content (AvgIpc) is 2.36. The lowest BCUT2D eigenvalue weighted by molar-refractivity contribution is -0.182. The number of nitrogens with zero attached hydrogens (tertiary/aromatic N) is 1. The average molecular weight is 308 g/mol. The number of hydrogen-bond donors (Lipinski definition) is 0. The zero-order valence-corrected chi connectivity index (χ0v) is 10.6. The van der Waals surface area contributed by atoms with Gasteiger partial charge in [-0.05, 0) is 0 Å². The maximum atomic E-state index is 13.0. The molecule has 1 amide bonds. The van der Waals surface area contributed by atoms with E-state index >= 15 is 0 Å². The van der Waals surface area contributed by atoms with Crippen LogP contribution in [0.1, 0.15) is 0 Å². The molecule has 3 nitrogen and oxygen atoms in total. The van der Waals surface area contributed by atoms with Crippen molar-refractivity contribution >= 4 is 35.1 Å². The Labute approximate surface area is 110 Å². The normalized spacial score (nSPS) is 21.2. The van der Waals surface area contributed by atoms with Crippen molar-refractivity contribution in [3.8, 4) is 0 Å². The maximum Gasteiger partial charge on any atom is 0.383 e. The fraction of sp³-hybridized carbons (Fsp3) is 0.778. The number of Topliss-reactive ketones (excluding diaryl/α,β-unsaturated/α-hetero) is 1. The van der Waals surface area contributed by atoms with Crippen molar-refractivity contribution in [2.24, 2.45) is 0 Å². The Morgan fingerprint density at radius 3 is 2.56 bits per heavy atom. The zero-order chi connectivity index (χ0) is 13.9. The first kappa shape index (κ1) is 15.6. The minimum atomic E-state index is -4.77. The molecule has 1 fully saturated rings. The van der Waals surface area contributed by atoms with Gasteiger partial charge in [-0.2, -0.15) is 20.5 Å². The number of amides is 1. The van der Waals surface area contributed by atoms with E-state index in [0.717, 1.165) is 0 Å². The zero-order valence-electron chi connectivity index (χ0n) is 9.04. The third-order valence-corrected chi connectivity index (χ3v) is 3.74. The Morgan fingerprint density at radius 1 is 1.44 bits per heavy atom. The van der Waals surface area contributed by atoms with E-state index in [9.17, 15) is 27.2 Å². The van der Waals surface area contributed by atoms with Crippen molar-refractivity contribution in [1.29, 1.82) is 0 Å². The Balaban J connectivity index is 2.90. The van der Waals surface area contributed by atoms with Crippen LogP contribution in [0.3, 0.4) is 0 Å². The summed E-state index contributed by atoms with van der Waals surface area (Å²) in [7, 11) is 0. The lowest BCUT2D eigenvalue weighted by Gasteiger charge is -2.35. The second kappa shape index (κ2) is 6.10. The summed E-state index contributed by atoms with van der Waals surface area (Å²) in [6.07, 6.45) is -4.09. The molecule has 0 bridgehead atoms. The second-order valence-electron chi connectivity index (χ2n) is 3.61. The van der Waals surface area contributed by atoms with E-state index in [1.54, 1.807) is 0 Å². The van der Waals surface area contributed by atoms with Crippen LogP contribution in [-0.2, 0) is 9.59 Å². The number of ketones is 1. The second-order valence-corrected chi connectivity index (χ2v) is 5.03. The fourth-order valence-electron chi connectivity index (χ4n) is 1.49. The van der Waals surface area contributed by atoms with Gasteiger partial charge in [0.2, 0.25) is 0 Å². The van der Waals surface area contributed by atoms with Gasteiger partial charge in [-0.1, -0.05) is 0 Å². The number of halogens is 5. The molecule has 0 radical (unpaired) electrons. The third-order valence-electron chi connectivity index (χ3n) is 2.45. The Kier molecular flexibility index (Phi) is 5.27. The van der Waals surface area contributed by atoms with Gasteiger partial charge in [-0.15, -0.1) is 11.6 Å². The highest BCUT2D eigenvalue weighted by Gasteiger charge is 2.53. The van der Waals surface area contributed by atoms with Crippen LogP contribution in [0.25, 0.3) is 0 Å². The summed E-state index contributed by atoms with van der Waals surface area (Å²) in [5, 5.41) is 0. The molecule has 0 aromatic carbocycles. The number of hydrogen-bond acceptors (Lipinski definition) is 3. The highest BCUT2D eigenvalue weighted by molar-refractivity contribution is 7.99. The van der Waals surface area contributed by atoms with E-state index in [0.29, 0.717) is 10.7 Å². The first-order chi connectivity index (χ1) is 8.32. The molecule has 0 saturated carbocycles. The van der Waals surface area contributed by atoms with Crippen molar-refractivity contribution in [2.75, 3.05) is 23.9 Å². The minimum Gasteiger partial charge on any atom is -0.326 e. The molecule has 1 saturated heterocycles. The Bertz CT molecular complexity index is 343. The molecule has 1 unspecified atom stereocenters. The molecule has 104 valence electrons. The van der Waals surface area contributed by atoms with E-state index in [2.05, 4.69) is 0 Å². The lowest BCUT2D eigenvalue weighted by Crippen LogP contribution is -2.57. The topological polar surface area (TPSA) is 37.4 Å². The largest absolute Gasteiger partial charge is 0.383 e. The molecule has 1 heterocycles. The number of thioether (sulfide) groups is 1. The fourth-order valence-corrected chi connectivity index (χ4v) is 2.75. The number of alkyl halides is 5. The number of carbonyl (C=O) groups is 2. The molecular weight excluding hydrogens is 298 g/mol. The minimum absolute atomic E-state index is 0.0939. The first-order valence-corrected chi connectivity index (χ1v) is 6.64.